The van der Waals surface area contributed by atoms with E-state index in [0.717, 1.165) is 33.6 Å². The lowest BCUT2D eigenvalue weighted by molar-refractivity contribution is 0.101. The molecule has 4 heteroatoms. The molecule has 1 amide bonds. The summed E-state index contributed by atoms with van der Waals surface area (Å²) in [6.07, 6.45) is 0. The molecule has 26 heavy (non-hydrogen) atoms. The second-order valence-electron chi connectivity index (χ2n) is 6.72. The zero-order valence-electron chi connectivity index (χ0n) is 15.6. The maximum Gasteiger partial charge on any atom is 0.272 e. The minimum absolute atomic E-state index is 0.152. The van der Waals surface area contributed by atoms with Gasteiger partial charge in [-0.05, 0) is 74.2 Å². The molecule has 0 bridgehead atoms. The van der Waals surface area contributed by atoms with E-state index >= 15 is 0 Å². The normalized spacial score (nSPS) is 10.8. The fraction of sp³-hybridized carbons (Fsp3) is 0.227. The molecule has 1 N–H and O–H groups in total. The van der Waals surface area contributed by atoms with E-state index in [-0.39, 0.29) is 11.7 Å². The van der Waals surface area contributed by atoms with Crippen LogP contribution in [-0.2, 0) is 6.54 Å². The third-order valence-corrected chi connectivity index (χ3v) is 4.86. The summed E-state index contributed by atoms with van der Waals surface area (Å²) in [6, 6.07) is 14.2. The molecule has 0 aliphatic carbocycles. The Bertz CT molecular complexity index is 972. The van der Waals surface area contributed by atoms with Crippen LogP contribution in [0.5, 0.6) is 0 Å². The monoisotopic (exact) mass is 350 g/mol. The van der Waals surface area contributed by atoms with Crippen LogP contribution < -0.4 is 5.32 Å². The van der Waals surface area contributed by atoms with Gasteiger partial charge in [-0.15, -0.1) is 0 Å². The van der Waals surface area contributed by atoms with Gasteiger partial charge in [0.05, 0.1) is 0 Å². The highest BCUT2D eigenvalue weighted by atomic mass is 19.1. The molecular weight excluding hydrogens is 327 g/mol. The summed E-state index contributed by atoms with van der Waals surface area (Å²) < 4.78 is 15.5. The molecule has 0 radical (unpaired) electrons. The zero-order valence-corrected chi connectivity index (χ0v) is 15.6. The number of nitrogens with one attached hydrogen (secondary N) is 1. The van der Waals surface area contributed by atoms with Crippen molar-refractivity contribution in [3.63, 3.8) is 0 Å². The van der Waals surface area contributed by atoms with Crippen molar-refractivity contribution in [3.05, 3.63) is 88.0 Å². The molecule has 0 aliphatic rings. The summed E-state index contributed by atoms with van der Waals surface area (Å²) in [6.45, 7) is 8.40. The highest BCUT2D eigenvalue weighted by molar-refractivity contribution is 6.04. The Morgan fingerprint density at radius 1 is 1.00 bits per heavy atom. The van der Waals surface area contributed by atoms with Crippen molar-refractivity contribution in [2.45, 2.75) is 34.2 Å². The van der Waals surface area contributed by atoms with Gasteiger partial charge in [0.25, 0.3) is 5.91 Å². The fourth-order valence-electron chi connectivity index (χ4n) is 3.24. The molecule has 0 spiro atoms. The summed E-state index contributed by atoms with van der Waals surface area (Å²) in [4.78, 5) is 13.0. The van der Waals surface area contributed by atoms with Crippen molar-refractivity contribution in [2.75, 3.05) is 5.32 Å². The van der Waals surface area contributed by atoms with Crippen molar-refractivity contribution < 1.29 is 9.18 Å². The van der Waals surface area contributed by atoms with Crippen molar-refractivity contribution in [2.24, 2.45) is 0 Å². The van der Waals surface area contributed by atoms with Crippen LogP contribution >= 0.6 is 0 Å². The number of amides is 1. The third kappa shape index (κ3) is 3.54. The number of hydrogen-bond donors (Lipinski definition) is 1. The quantitative estimate of drug-likeness (QED) is 0.693. The predicted octanol–water partition coefficient (Wildman–Crippen LogP) is 5.16. The van der Waals surface area contributed by atoms with Crippen molar-refractivity contribution in [1.29, 1.82) is 0 Å². The molecule has 3 nitrogen and oxygen atoms in total. The number of aromatic nitrogens is 1. The van der Waals surface area contributed by atoms with E-state index in [1.165, 1.54) is 12.1 Å². The molecule has 0 atom stereocenters. The first kappa shape index (κ1) is 17.9. The largest absolute Gasteiger partial charge is 0.336 e. The minimum atomic E-state index is -0.272. The molecule has 1 aromatic heterocycles. The second-order valence-corrected chi connectivity index (χ2v) is 6.72. The zero-order chi connectivity index (χ0) is 18.8. The maximum absolute atomic E-state index is 13.6. The van der Waals surface area contributed by atoms with Gasteiger partial charge in [-0.3, -0.25) is 4.79 Å². The van der Waals surface area contributed by atoms with Crippen LogP contribution in [0.15, 0.2) is 48.5 Å². The second kappa shape index (κ2) is 7.16. The number of rotatable bonds is 4. The lowest BCUT2D eigenvalue weighted by Crippen LogP contribution is -2.19. The van der Waals surface area contributed by atoms with E-state index in [1.54, 1.807) is 6.07 Å². The van der Waals surface area contributed by atoms with Crippen LogP contribution in [0, 0.1) is 33.5 Å². The van der Waals surface area contributed by atoms with Gasteiger partial charge in [-0.1, -0.05) is 24.3 Å². The number of benzene rings is 2. The number of carbonyl (C=O) groups is 1. The molecule has 0 saturated carbocycles. The highest BCUT2D eigenvalue weighted by Crippen LogP contribution is 2.24. The van der Waals surface area contributed by atoms with E-state index in [0.29, 0.717) is 12.2 Å². The number of carbonyl (C=O) groups excluding carboxylic acids is 1. The molecule has 1 heterocycles. The molecular formula is C22H23FN2O. The Morgan fingerprint density at radius 2 is 1.73 bits per heavy atom. The number of anilines is 1. The highest BCUT2D eigenvalue weighted by Gasteiger charge is 2.21. The van der Waals surface area contributed by atoms with E-state index in [9.17, 15) is 9.18 Å². The van der Waals surface area contributed by atoms with Gasteiger partial charge in [0, 0.05) is 17.9 Å². The van der Waals surface area contributed by atoms with E-state index in [4.69, 9.17) is 0 Å². The number of hydrogen-bond acceptors (Lipinski definition) is 1. The van der Waals surface area contributed by atoms with Crippen LogP contribution in [0.2, 0.25) is 0 Å². The van der Waals surface area contributed by atoms with Gasteiger partial charge in [-0.25, -0.2) is 4.39 Å². The van der Waals surface area contributed by atoms with E-state index in [2.05, 4.69) is 5.32 Å². The Labute approximate surface area is 153 Å². The smallest absolute Gasteiger partial charge is 0.272 e. The van der Waals surface area contributed by atoms with Crippen LogP contribution in [0.1, 0.15) is 38.4 Å². The topological polar surface area (TPSA) is 34.0 Å². The molecule has 3 aromatic rings. The molecule has 0 unspecified atom stereocenters. The average Bonchev–Trinajstić information content (AvgIpc) is 2.79. The Morgan fingerprint density at radius 3 is 2.42 bits per heavy atom. The van der Waals surface area contributed by atoms with Gasteiger partial charge < -0.3 is 9.88 Å². The summed E-state index contributed by atoms with van der Waals surface area (Å²) in [5, 5.41) is 2.98. The summed E-state index contributed by atoms with van der Waals surface area (Å²) in [5.41, 5.74) is 6.34. The summed E-state index contributed by atoms with van der Waals surface area (Å²) >= 11 is 0. The van der Waals surface area contributed by atoms with Crippen LogP contribution in [0.3, 0.4) is 0 Å². The standard InChI is InChI=1S/C22H23FN2O/c1-14-7-5-10-20(11-14)24-22(26)21-16(3)15(2)17(4)25(21)13-18-8-6-9-19(23)12-18/h5-12H,13H2,1-4H3,(H,24,26). The summed E-state index contributed by atoms with van der Waals surface area (Å²) in [7, 11) is 0. The van der Waals surface area contributed by atoms with Crippen LogP contribution in [0.4, 0.5) is 10.1 Å². The molecule has 3 rings (SSSR count). The molecule has 134 valence electrons. The lowest BCUT2D eigenvalue weighted by Gasteiger charge is -2.13. The first-order valence-electron chi connectivity index (χ1n) is 8.65. The Hall–Kier alpha value is -2.88. The van der Waals surface area contributed by atoms with Gasteiger partial charge in [0.15, 0.2) is 0 Å². The first-order chi connectivity index (χ1) is 12.4. The predicted molar refractivity (Wildman–Crippen MR) is 103 cm³/mol. The van der Waals surface area contributed by atoms with Gasteiger partial charge >= 0.3 is 0 Å². The number of halogens is 1. The first-order valence-corrected chi connectivity index (χ1v) is 8.65. The van der Waals surface area contributed by atoms with Crippen LogP contribution in [-0.4, -0.2) is 10.5 Å². The van der Waals surface area contributed by atoms with E-state index < -0.39 is 0 Å². The SMILES string of the molecule is Cc1cccc(NC(=O)c2c(C)c(C)c(C)n2Cc2cccc(F)c2)c1. The minimum Gasteiger partial charge on any atom is -0.336 e. The number of nitrogens with zero attached hydrogens (tertiary/aromatic N) is 1. The lowest BCUT2D eigenvalue weighted by atomic mass is 10.1. The van der Waals surface area contributed by atoms with E-state index in [1.807, 2.05) is 62.6 Å². The van der Waals surface area contributed by atoms with Crippen molar-refractivity contribution >= 4 is 11.6 Å². The van der Waals surface area contributed by atoms with Crippen molar-refractivity contribution in [1.82, 2.24) is 4.57 Å². The molecule has 0 aliphatic heterocycles. The Kier molecular flexibility index (Phi) is 4.94. The molecule has 0 saturated heterocycles. The van der Waals surface area contributed by atoms with Gasteiger partial charge in [-0.2, -0.15) is 0 Å². The van der Waals surface area contributed by atoms with Gasteiger partial charge in [0.1, 0.15) is 11.5 Å². The van der Waals surface area contributed by atoms with Crippen LogP contribution in [0.25, 0.3) is 0 Å². The third-order valence-electron chi connectivity index (χ3n) is 4.86. The maximum atomic E-state index is 13.6. The fourth-order valence-corrected chi connectivity index (χ4v) is 3.24. The molecule has 0 fully saturated rings. The Balaban J connectivity index is 1.98. The molecule has 2 aromatic carbocycles. The number of aryl methyl sites for hydroxylation is 1. The summed E-state index contributed by atoms with van der Waals surface area (Å²) in [5.74, 6) is -0.424. The van der Waals surface area contributed by atoms with Gasteiger partial charge in [0.2, 0.25) is 0 Å². The average molecular weight is 350 g/mol. The van der Waals surface area contributed by atoms with Crippen molar-refractivity contribution in [3.8, 4) is 0 Å².